The van der Waals surface area contributed by atoms with Gasteiger partial charge in [-0.3, -0.25) is 0 Å². The Morgan fingerprint density at radius 3 is 2.47 bits per heavy atom. The third-order valence-corrected chi connectivity index (χ3v) is 3.97. The molecule has 1 aromatic heterocycles. The van der Waals surface area contributed by atoms with Crippen LogP contribution < -0.4 is 0 Å². The second kappa shape index (κ2) is 4.39. The predicted octanol–water partition coefficient (Wildman–Crippen LogP) is 5.08. The fraction of sp³-hybridized carbons (Fsp3) is 0.357. The summed E-state index contributed by atoms with van der Waals surface area (Å²) in [6.45, 7) is 8.84. The van der Waals surface area contributed by atoms with Crippen LogP contribution in [0.3, 0.4) is 0 Å². The minimum atomic E-state index is 0.176. The van der Waals surface area contributed by atoms with Crippen LogP contribution in [0.2, 0.25) is 0 Å². The quantitative estimate of drug-likeness (QED) is 0.709. The molecule has 17 heavy (non-hydrogen) atoms. The average Bonchev–Trinajstić information content (AvgIpc) is 2.63. The summed E-state index contributed by atoms with van der Waals surface area (Å²) in [4.78, 5) is 3.25. The minimum Gasteiger partial charge on any atom is -0.337 e. The summed E-state index contributed by atoms with van der Waals surface area (Å²) >= 11 is 6.73. The lowest BCUT2D eigenvalue weighted by Crippen LogP contribution is -2.11. The maximum absolute atomic E-state index is 5.15. The number of aromatic amines is 1. The molecule has 2 rings (SSSR count). The molecule has 1 aromatic carbocycles. The standard InChI is InChI=1S/C14H17NS2/c1-9-5-6-10(14(2,3)4)7-11(9)12-8-17-13(16)15-12/h5-8H,1-4H3,(H,15,16). The Labute approximate surface area is 112 Å². The lowest BCUT2D eigenvalue weighted by Gasteiger charge is -2.20. The third kappa shape index (κ3) is 2.67. The van der Waals surface area contributed by atoms with Gasteiger partial charge >= 0.3 is 0 Å². The Hall–Kier alpha value is -0.930. The molecule has 3 heteroatoms. The van der Waals surface area contributed by atoms with Gasteiger partial charge in [-0.1, -0.05) is 32.9 Å². The first kappa shape index (κ1) is 12.5. The van der Waals surface area contributed by atoms with Gasteiger partial charge in [0.25, 0.3) is 0 Å². The maximum atomic E-state index is 5.15. The van der Waals surface area contributed by atoms with Crippen molar-refractivity contribution in [3.8, 4) is 11.3 Å². The number of H-pyrrole nitrogens is 1. The van der Waals surface area contributed by atoms with Crippen molar-refractivity contribution in [2.45, 2.75) is 33.1 Å². The van der Waals surface area contributed by atoms with Crippen molar-refractivity contribution < 1.29 is 0 Å². The van der Waals surface area contributed by atoms with E-state index in [9.17, 15) is 0 Å². The Morgan fingerprint density at radius 2 is 1.94 bits per heavy atom. The van der Waals surface area contributed by atoms with Crippen molar-refractivity contribution in [2.75, 3.05) is 0 Å². The predicted molar refractivity (Wildman–Crippen MR) is 78.4 cm³/mol. The number of rotatable bonds is 1. The van der Waals surface area contributed by atoms with Gasteiger partial charge in [0.1, 0.15) is 0 Å². The van der Waals surface area contributed by atoms with Gasteiger partial charge in [-0.15, -0.1) is 11.3 Å². The number of hydrogen-bond acceptors (Lipinski definition) is 2. The molecular formula is C14H17NS2. The van der Waals surface area contributed by atoms with Gasteiger partial charge in [0.05, 0.1) is 5.69 Å². The summed E-state index contributed by atoms with van der Waals surface area (Å²) in [5.74, 6) is 0. The van der Waals surface area contributed by atoms with Crippen LogP contribution in [0.5, 0.6) is 0 Å². The lowest BCUT2D eigenvalue weighted by molar-refractivity contribution is 0.590. The minimum absolute atomic E-state index is 0.176. The molecule has 0 bridgehead atoms. The van der Waals surface area contributed by atoms with E-state index in [0.717, 1.165) is 9.65 Å². The molecule has 0 amide bonds. The highest BCUT2D eigenvalue weighted by Crippen LogP contribution is 2.30. The van der Waals surface area contributed by atoms with E-state index in [4.69, 9.17) is 12.2 Å². The van der Waals surface area contributed by atoms with Crippen molar-refractivity contribution >= 4 is 23.6 Å². The Balaban J connectivity index is 2.58. The number of aryl methyl sites for hydroxylation is 1. The van der Waals surface area contributed by atoms with E-state index in [1.165, 1.54) is 16.7 Å². The zero-order valence-corrected chi connectivity index (χ0v) is 12.3. The smallest absolute Gasteiger partial charge is 0.158 e. The number of thiazole rings is 1. The zero-order valence-electron chi connectivity index (χ0n) is 10.6. The molecule has 0 aliphatic heterocycles. The molecule has 1 N–H and O–H groups in total. The van der Waals surface area contributed by atoms with Gasteiger partial charge in [-0.2, -0.15) is 0 Å². The molecule has 0 fully saturated rings. The van der Waals surface area contributed by atoms with Crippen LogP contribution in [-0.2, 0) is 5.41 Å². The molecule has 0 aliphatic carbocycles. The van der Waals surface area contributed by atoms with Crippen LogP contribution in [0, 0.1) is 10.9 Å². The van der Waals surface area contributed by atoms with Gasteiger partial charge in [0.15, 0.2) is 3.95 Å². The molecular weight excluding hydrogens is 246 g/mol. The van der Waals surface area contributed by atoms with Gasteiger partial charge in [-0.05, 0) is 41.7 Å². The number of nitrogens with one attached hydrogen (secondary N) is 1. The maximum Gasteiger partial charge on any atom is 0.158 e. The van der Waals surface area contributed by atoms with E-state index in [0.29, 0.717) is 0 Å². The summed E-state index contributed by atoms with van der Waals surface area (Å²) < 4.78 is 0.834. The molecule has 0 aliphatic rings. The monoisotopic (exact) mass is 263 g/mol. The number of hydrogen-bond donors (Lipinski definition) is 1. The first-order valence-corrected chi connectivity index (χ1v) is 6.96. The Kier molecular flexibility index (Phi) is 3.23. The fourth-order valence-electron chi connectivity index (χ4n) is 1.79. The summed E-state index contributed by atoms with van der Waals surface area (Å²) in [7, 11) is 0. The summed E-state index contributed by atoms with van der Waals surface area (Å²) in [5, 5.41) is 2.09. The first-order chi connectivity index (χ1) is 7.88. The molecule has 0 saturated heterocycles. The topological polar surface area (TPSA) is 15.8 Å². The third-order valence-electron chi connectivity index (χ3n) is 2.91. The molecule has 0 atom stereocenters. The SMILES string of the molecule is Cc1ccc(C(C)(C)C)cc1-c1csc(=S)[nH]1. The van der Waals surface area contributed by atoms with E-state index < -0.39 is 0 Å². The van der Waals surface area contributed by atoms with E-state index >= 15 is 0 Å². The largest absolute Gasteiger partial charge is 0.337 e. The Bertz CT molecular complexity index is 585. The summed E-state index contributed by atoms with van der Waals surface area (Å²) in [6, 6.07) is 6.66. The van der Waals surface area contributed by atoms with Crippen molar-refractivity contribution in [3.63, 3.8) is 0 Å². The molecule has 1 heterocycles. The second-order valence-corrected chi connectivity index (χ2v) is 6.89. The van der Waals surface area contributed by atoms with Gasteiger partial charge in [0.2, 0.25) is 0 Å². The second-order valence-electron chi connectivity index (χ2n) is 5.34. The normalized spacial score (nSPS) is 11.8. The van der Waals surface area contributed by atoms with Crippen LogP contribution in [0.25, 0.3) is 11.3 Å². The van der Waals surface area contributed by atoms with Crippen molar-refractivity contribution in [1.82, 2.24) is 4.98 Å². The van der Waals surface area contributed by atoms with Gasteiger partial charge < -0.3 is 4.98 Å². The fourth-order valence-corrected chi connectivity index (χ4v) is 2.62. The van der Waals surface area contributed by atoms with E-state index in [2.05, 4.69) is 56.3 Å². The molecule has 0 unspecified atom stereocenters. The summed E-state index contributed by atoms with van der Waals surface area (Å²) in [6.07, 6.45) is 0. The lowest BCUT2D eigenvalue weighted by atomic mass is 9.85. The zero-order chi connectivity index (χ0) is 12.6. The summed E-state index contributed by atoms with van der Waals surface area (Å²) in [5.41, 5.74) is 5.19. The van der Waals surface area contributed by atoms with Crippen molar-refractivity contribution in [1.29, 1.82) is 0 Å². The molecule has 0 saturated carbocycles. The molecule has 2 aromatic rings. The molecule has 0 spiro atoms. The Morgan fingerprint density at radius 1 is 1.24 bits per heavy atom. The van der Waals surface area contributed by atoms with E-state index in [-0.39, 0.29) is 5.41 Å². The number of benzene rings is 1. The number of aromatic nitrogens is 1. The van der Waals surface area contributed by atoms with Crippen LogP contribution in [-0.4, -0.2) is 4.98 Å². The van der Waals surface area contributed by atoms with Crippen molar-refractivity contribution in [3.05, 3.63) is 38.7 Å². The highest BCUT2D eigenvalue weighted by molar-refractivity contribution is 7.73. The highest BCUT2D eigenvalue weighted by Gasteiger charge is 2.15. The van der Waals surface area contributed by atoms with Crippen molar-refractivity contribution in [2.24, 2.45) is 0 Å². The van der Waals surface area contributed by atoms with Gasteiger partial charge in [-0.25, -0.2) is 0 Å². The first-order valence-electron chi connectivity index (χ1n) is 5.67. The molecule has 90 valence electrons. The van der Waals surface area contributed by atoms with Crippen LogP contribution >= 0.6 is 23.6 Å². The molecule has 0 radical (unpaired) electrons. The molecule has 1 nitrogen and oxygen atoms in total. The highest BCUT2D eigenvalue weighted by atomic mass is 32.1. The average molecular weight is 263 g/mol. The van der Waals surface area contributed by atoms with Crippen LogP contribution in [0.4, 0.5) is 0 Å². The van der Waals surface area contributed by atoms with Gasteiger partial charge in [0, 0.05) is 10.9 Å². The van der Waals surface area contributed by atoms with Crippen LogP contribution in [0.15, 0.2) is 23.6 Å². The van der Waals surface area contributed by atoms with E-state index in [1.54, 1.807) is 11.3 Å². The van der Waals surface area contributed by atoms with Crippen LogP contribution in [0.1, 0.15) is 31.9 Å². The van der Waals surface area contributed by atoms with E-state index in [1.807, 2.05) is 0 Å².